The molecular weight excluding hydrogens is 254 g/mol. The molecule has 1 N–H and O–H groups in total. The van der Waals surface area contributed by atoms with Crippen molar-refractivity contribution in [2.45, 2.75) is 19.4 Å². The normalized spacial score (nSPS) is 13.8. The molecule has 0 aliphatic carbocycles. The van der Waals surface area contributed by atoms with Gasteiger partial charge in [-0.15, -0.1) is 11.3 Å². The predicted molar refractivity (Wildman–Crippen MR) is 80.8 cm³/mol. The standard InChI is InChI=1S/C15H19N3S/c1-2-5-15-13(4-1)6-9-18(15)8-3-7-16-10-14-11-19-12-17-14/h1-2,4-5,11-12,16H,3,6-10H2. The molecule has 2 heterocycles. The fraction of sp³-hybridized carbons (Fsp3) is 0.400. The second-order valence-electron chi connectivity index (χ2n) is 4.88. The van der Waals surface area contributed by atoms with Gasteiger partial charge >= 0.3 is 0 Å². The summed E-state index contributed by atoms with van der Waals surface area (Å²) in [6.07, 6.45) is 2.38. The Morgan fingerprint density at radius 3 is 3.16 bits per heavy atom. The lowest BCUT2D eigenvalue weighted by atomic mass is 10.2. The highest BCUT2D eigenvalue weighted by atomic mass is 32.1. The first-order valence-electron chi connectivity index (χ1n) is 6.84. The van der Waals surface area contributed by atoms with E-state index >= 15 is 0 Å². The quantitative estimate of drug-likeness (QED) is 0.820. The first-order chi connectivity index (χ1) is 9.43. The van der Waals surface area contributed by atoms with Crippen LogP contribution < -0.4 is 10.2 Å². The summed E-state index contributed by atoms with van der Waals surface area (Å²) in [5.74, 6) is 0. The van der Waals surface area contributed by atoms with Crippen LogP contribution >= 0.6 is 11.3 Å². The SMILES string of the molecule is c1ccc2c(c1)CCN2CCCNCc1cscn1. The van der Waals surface area contributed by atoms with Crippen LogP contribution in [-0.2, 0) is 13.0 Å². The molecule has 3 rings (SSSR count). The van der Waals surface area contributed by atoms with Crippen molar-refractivity contribution in [3.8, 4) is 0 Å². The molecule has 3 nitrogen and oxygen atoms in total. The Morgan fingerprint density at radius 2 is 2.26 bits per heavy atom. The molecule has 0 saturated carbocycles. The maximum absolute atomic E-state index is 4.27. The van der Waals surface area contributed by atoms with Gasteiger partial charge < -0.3 is 10.2 Å². The maximum Gasteiger partial charge on any atom is 0.0795 e. The topological polar surface area (TPSA) is 28.2 Å². The highest BCUT2D eigenvalue weighted by Crippen LogP contribution is 2.27. The van der Waals surface area contributed by atoms with Crippen LogP contribution in [0.1, 0.15) is 17.7 Å². The van der Waals surface area contributed by atoms with Gasteiger partial charge in [-0.1, -0.05) is 18.2 Å². The van der Waals surface area contributed by atoms with Crippen molar-refractivity contribution < 1.29 is 0 Å². The average Bonchev–Trinajstić information content (AvgIpc) is 3.08. The summed E-state index contributed by atoms with van der Waals surface area (Å²) in [6.45, 7) is 4.25. The highest BCUT2D eigenvalue weighted by Gasteiger charge is 2.16. The van der Waals surface area contributed by atoms with Crippen LogP contribution in [0.15, 0.2) is 35.2 Å². The summed E-state index contributed by atoms with van der Waals surface area (Å²) in [5, 5.41) is 5.55. The number of rotatable bonds is 6. The fourth-order valence-corrected chi connectivity index (χ4v) is 3.13. The van der Waals surface area contributed by atoms with Crippen LogP contribution in [0.3, 0.4) is 0 Å². The average molecular weight is 273 g/mol. The van der Waals surface area contributed by atoms with Gasteiger partial charge in [0.05, 0.1) is 11.2 Å². The molecule has 2 aromatic rings. The van der Waals surface area contributed by atoms with E-state index in [0.29, 0.717) is 0 Å². The van der Waals surface area contributed by atoms with Gasteiger partial charge in [0.25, 0.3) is 0 Å². The number of hydrogen-bond acceptors (Lipinski definition) is 4. The Hall–Kier alpha value is -1.39. The van der Waals surface area contributed by atoms with Crippen molar-refractivity contribution >= 4 is 17.0 Å². The second-order valence-corrected chi connectivity index (χ2v) is 5.59. The van der Waals surface area contributed by atoms with E-state index in [-0.39, 0.29) is 0 Å². The van der Waals surface area contributed by atoms with Gasteiger partial charge in [-0.25, -0.2) is 4.98 Å². The van der Waals surface area contributed by atoms with Crippen LogP contribution in [0.4, 0.5) is 5.69 Å². The summed E-state index contributed by atoms with van der Waals surface area (Å²) < 4.78 is 0. The number of para-hydroxylation sites is 1. The van der Waals surface area contributed by atoms with E-state index in [1.807, 2.05) is 5.51 Å². The van der Waals surface area contributed by atoms with E-state index in [2.05, 4.69) is 44.8 Å². The number of hydrogen-bond donors (Lipinski definition) is 1. The lowest BCUT2D eigenvalue weighted by Crippen LogP contribution is -2.25. The molecule has 0 fully saturated rings. The monoisotopic (exact) mass is 273 g/mol. The van der Waals surface area contributed by atoms with E-state index in [9.17, 15) is 0 Å². The van der Waals surface area contributed by atoms with Crippen molar-refractivity contribution in [1.82, 2.24) is 10.3 Å². The van der Waals surface area contributed by atoms with Crippen molar-refractivity contribution in [1.29, 1.82) is 0 Å². The van der Waals surface area contributed by atoms with Gasteiger partial charge in [0, 0.05) is 30.7 Å². The van der Waals surface area contributed by atoms with Gasteiger partial charge in [-0.3, -0.25) is 0 Å². The van der Waals surface area contributed by atoms with Crippen molar-refractivity contribution in [3.05, 3.63) is 46.4 Å². The molecule has 0 atom stereocenters. The molecule has 0 spiro atoms. The van der Waals surface area contributed by atoms with Crippen molar-refractivity contribution in [2.24, 2.45) is 0 Å². The third kappa shape index (κ3) is 3.14. The lowest BCUT2D eigenvalue weighted by molar-refractivity contribution is 0.633. The largest absolute Gasteiger partial charge is 0.371 e. The Kier molecular flexibility index (Phi) is 4.10. The van der Waals surface area contributed by atoms with E-state index in [1.165, 1.54) is 30.6 Å². The van der Waals surface area contributed by atoms with Gasteiger partial charge in [0.1, 0.15) is 0 Å². The Bertz CT molecular complexity index is 510. The van der Waals surface area contributed by atoms with Crippen LogP contribution in [0.5, 0.6) is 0 Å². The molecular formula is C15H19N3S. The Balaban J connectivity index is 1.39. The van der Waals surface area contributed by atoms with Gasteiger partial charge in [-0.05, 0) is 31.0 Å². The number of aromatic nitrogens is 1. The fourth-order valence-electron chi connectivity index (χ4n) is 2.58. The molecule has 0 saturated heterocycles. The maximum atomic E-state index is 4.27. The molecule has 0 amide bonds. The molecule has 4 heteroatoms. The molecule has 1 aromatic heterocycles. The number of anilines is 1. The number of nitrogens with zero attached hydrogens (tertiary/aromatic N) is 2. The van der Waals surface area contributed by atoms with Crippen molar-refractivity contribution in [3.63, 3.8) is 0 Å². The second kappa shape index (κ2) is 6.17. The number of nitrogens with one attached hydrogen (secondary N) is 1. The summed E-state index contributed by atoms with van der Waals surface area (Å²) in [4.78, 5) is 6.77. The molecule has 0 bridgehead atoms. The number of fused-ring (bicyclic) bond motifs is 1. The van der Waals surface area contributed by atoms with E-state index < -0.39 is 0 Å². The minimum atomic E-state index is 0.889. The van der Waals surface area contributed by atoms with E-state index in [1.54, 1.807) is 11.3 Å². The minimum absolute atomic E-state index is 0.889. The highest BCUT2D eigenvalue weighted by molar-refractivity contribution is 7.07. The summed E-state index contributed by atoms with van der Waals surface area (Å²) in [7, 11) is 0. The summed E-state index contributed by atoms with van der Waals surface area (Å²) in [6, 6.07) is 8.76. The smallest absolute Gasteiger partial charge is 0.0795 e. The molecule has 19 heavy (non-hydrogen) atoms. The van der Waals surface area contributed by atoms with Gasteiger partial charge in [-0.2, -0.15) is 0 Å². The Labute approximate surface area is 118 Å². The molecule has 1 aromatic carbocycles. The summed E-state index contributed by atoms with van der Waals surface area (Å²) in [5.41, 5.74) is 5.97. The first kappa shape index (κ1) is 12.6. The predicted octanol–water partition coefficient (Wildman–Crippen LogP) is 2.69. The zero-order valence-corrected chi connectivity index (χ0v) is 11.8. The lowest BCUT2D eigenvalue weighted by Gasteiger charge is -2.19. The Morgan fingerprint density at radius 1 is 1.32 bits per heavy atom. The zero-order chi connectivity index (χ0) is 12.9. The molecule has 0 radical (unpaired) electrons. The number of benzene rings is 1. The van der Waals surface area contributed by atoms with Gasteiger partial charge in [0.15, 0.2) is 0 Å². The summed E-state index contributed by atoms with van der Waals surface area (Å²) >= 11 is 1.66. The first-order valence-corrected chi connectivity index (χ1v) is 7.78. The molecule has 100 valence electrons. The van der Waals surface area contributed by atoms with E-state index in [0.717, 1.165) is 25.3 Å². The van der Waals surface area contributed by atoms with Crippen LogP contribution in [0.2, 0.25) is 0 Å². The third-order valence-electron chi connectivity index (χ3n) is 3.55. The van der Waals surface area contributed by atoms with Gasteiger partial charge in [0.2, 0.25) is 0 Å². The van der Waals surface area contributed by atoms with E-state index in [4.69, 9.17) is 0 Å². The molecule has 0 unspecified atom stereocenters. The van der Waals surface area contributed by atoms with Crippen LogP contribution in [0.25, 0.3) is 0 Å². The third-order valence-corrected chi connectivity index (χ3v) is 4.19. The van der Waals surface area contributed by atoms with Crippen LogP contribution in [0, 0.1) is 0 Å². The zero-order valence-electron chi connectivity index (χ0n) is 11.0. The molecule has 1 aliphatic rings. The minimum Gasteiger partial charge on any atom is -0.371 e. The molecule has 1 aliphatic heterocycles. The van der Waals surface area contributed by atoms with Crippen LogP contribution in [-0.4, -0.2) is 24.6 Å². The van der Waals surface area contributed by atoms with Crippen molar-refractivity contribution in [2.75, 3.05) is 24.5 Å². The number of thiazole rings is 1.